The van der Waals surface area contributed by atoms with Gasteiger partial charge in [0.1, 0.15) is 9.92 Å². The van der Waals surface area contributed by atoms with Gasteiger partial charge >= 0.3 is 0 Å². The van der Waals surface area contributed by atoms with Crippen LogP contribution in [0, 0.1) is 6.92 Å². The number of rotatable bonds is 2. The fraction of sp³-hybridized carbons (Fsp3) is 0.462. The summed E-state index contributed by atoms with van der Waals surface area (Å²) in [6.07, 6.45) is 0.324. The summed E-state index contributed by atoms with van der Waals surface area (Å²) in [4.78, 5) is 12.2. The molecule has 0 spiro atoms. The lowest BCUT2D eigenvalue weighted by Crippen LogP contribution is -2.43. The average Bonchev–Trinajstić information content (AvgIpc) is 2.30. The van der Waals surface area contributed by atoms with Crippen LogP contribution in [-0.2, 0) is 14.7 Å². The van der Waals surface area contributed by atoms with E-state index in [-0.39, 0.29) is 11.9 Å². The molecule has 0 fully saturated rings. The highest BCUT2D eigenvalue weighted by atomic mass is 32.2. The van der Waals surface area contributed by atoms with Gasteiger partial charge in [-0.1, -0.05) is 24.6 Å². The first-order valence-electron chi connectivity index (χ1n) is 6.10. The molecule has 1 unspecified atom stereocenters. The van der Waals surface area contributed by atoms with Gasteiger partial charge in [0.25, 0.3) is 0 Å². The van der Waals surface area contributed by atoms with Crippen molar-refractivity contribution >= 4 is 21.5 Å². The van der Waals surface area contributed by atoms with Gasteiger partial charge in [-0.3, -0.25) is 4.79 Å². The Hall–Kier alpha value is -1.36. The standard InChI is InChI=1S/C13H18N2O2S/c1-4-18(17)14-11(3)9-13(16)15(18)12-7-5-10(2)6-8-12/h5-8,11H,4,9H2,1-3H3/t11-,18?/m0/s1. The third-order valence-corrected chi connectivity index (χ3v) is 5.40. The zero-order valence-corrected chi connectivity index (χ0v) is 11.7. The van der Waals surface area contributed by atoms with Crippen LogP contribution >= 0.6 is 0 Å². The molecule has 0 aliphatic carbocycles. The van der Waals surface area contributed by atoms with Gasteiger partial charge in [0, 0.05) is 5.75 Å². The summed E-state index contributed by atoms with van der Waals surface area (Å²) in [7, 11) is -2.62. The number of hydrogen-bond acceptors (Lipinski definition) is 3. The fourth-order valence-corrected chi connectivity index (χ4v) is 4.04. The van der Waals surface area contributed by atoms with Crippen LogP contribution in [0.3, 0.4) is 0 Å². The van der Waals surface area contributed by atoms with Crippen LogP contribution in [0.4, 0.5) is 5.69 Å². The van der Waals surface area contributed by atoms with Crippen LogP contribution in [0.25, 0.3) is 0 Å². The Morgan fingerprint density at radius 1 is 1.39 bits per heavy atom. The monoisotopic (exact) mass is 266 g/mol. The minimum Gasteiger partial charge on any atom is -0.273 e. The van der Waals surface area contributed by atoms with Crippen molar-refractivity contribution in [3.05, 3.63) is 29.8 Å². The van der Waals surface area contributed by atoms with Crippen molar-refractivity contribution in [3.8, 4) is 0 Å². The third-order valence-electron chi connectivity index (χ3n) is 2.97. The number of carbonyl (C=O) groups is 1. The molecule has 2 atom stereocenters. The molecule has 0 saturated carbocycles. The molecule has 1 amide bonds. The van der Waals surface area contributed by atoms with E-state index >= 15 is 0 Å². The minimum absolute atomic E-state index is 0.104. The van der Waals surface area contributed by atoms with E-state index in [0.29, 0.717) is 17.9 Å². The molecule has 18 heavy (non-hydrogen) atoms. The van der Waals surface area contributed by atoms with Crippen molar-refractivity contribution in [3.63, 3.8) is 0 Å². The van der Waals surface area contributed by atoms with Gasteiger partial charge in [-0.15, -0.1) is 0 Å². The fourth-order valence-electron chi connectivity index (χ4n) is 2.05. The smallest absolute Gasteiger partial charge is 0.241 e. The first-order chi connectivity index (χ1) is 8.46. The lowest BCUT2D eigenvalue weighted by Gasteiger charge is -2.31. The molecule has 98 valence electrons. The molecule has 1 aromatic carbocycles. The van der Waals surface area contributed by atoms with E-state index in [1.165, 1.54) is 4.31 Å². The summed E-state index contributed by atoms with van der Waals surface area (Å²) in [5.41, 5.74) is 1.78. The van der Waals surface area contributed by atoms with Crippen molar-refractivity contribution in [2.75, 3.05) is 10.1 Å². The van der Waals surface area contributed by atoms with Crippen molar-refractivity contribution in [2.24, 2.45) is 4.36 Å². The summed E-state index contributed by atoms with van der Waals surface area (Å²) in [5.74, 6) is 0.255. The van der Waals surface area contributed by atoms with Gasteiger partial charge in [0.15, 0.2) is 0 Å². The average molecular weight is 266 g/mol. The second kappa shape index (κ2) is 4.72. The lowest BCUT2D eigenvalue weighted by atomic mass is 10.2. The molecule has 0 saturated heterocycles. The summed E-state index contributed by atoms with van der Waals surface area (Å²) in [5, 5.41) is 0. The van der Waals surface area contributed by atoms with E-state index in [1.807, 2.05) is 38.1 Å². The highest BCUT2D eigenvalue weighted by Gasteiger charge is 2.32. The number of amides is 1. The van der Waals surface area contributed by atoms with Crippen LogP contribution in [0.1, 0.15) is 25.8 Å². The Kier molecular flexibility index (Phi) is 3.43. The Morgan fingerprint density at radius 3 is 2.56 bits per heavy atom. The Bertz CT molecular complexity index is 571. The van der Waals surface area contributed by atoms with Gasteiger partial charge in [-0.05, 0) is 26.0 Å². The van der Waals surface area contributed by atoms with Gasteiger partial charge in [0.2, 0.25) is 5.91 Å². The van der Waals surface area contributed by atoms with Crippen molar-refractivity contribution < 1.29 is 9.00 Å². The molecule has 1 aliphatic heterocycles. The van der Waals surface area contributed by atoms with Crippen LogP contribution in [0.5, 0.6) is 0 Å². The Labute approximate surface area is 108 Å². The lowest BCUT2D eigenvalue weighted by molar-refractivity contribution is -0.117. The summed E-state index contributed by atoms with van der Waals surface area (Å²) < 4.78 is 18.4. The van der Waals surface area contributed by atoms with E-state index in [4.69, 9.17) is 0 Å². The van der Waals surface area contributed by atoms with Gasteiger partial charge < -0.3 is 0 Å². The second-order valence-electron chi connectivity index (χ2n) is 4.58. The molecule has 1 heterocycles. The van der Waals surface area contributed by atoms with Gasteiger partial charge in [-0.25, -0.2) is 12.9 Å². The number of hydrogen-bond donors (Lipinski definition) is 0. The van der Waals surface area contributed by atoms with Crippen LogP contribution < -0.4 is 4.31 Å². The van der Waals surface area contributed by atoms with Crippen molar-refractivity contribution in [2.45, 2.75) is 33.2 Å². The molecule has 4 nitrogen and oxygen atoms in total. The third kappa shape index (κ3) is 2.27. The van der Waals surface area contributed by atoms with E-state index in [9.17, 15) is 9.00 Å². The summed E-state index contributed by atoms with van der Waals surface area (Å²) >= 11 is 0. The van der Waals surface area contributed by atoms with E-state index < -0.39 is 9.92 Å². The zero-order valence-electron chi connectivity index (χ0n) is 10.9. The Morgan fingerprint density at radius 2 is 2.00 bits per heavy atom. The minimum atomic E-state index is -2.62. The van der Waals surface area contributed by atoms with E-state index in [0.717, 1.165) is 5.56 Å². The van der Waals surface area contributed by atoms with Crippen LogP contribution in [0.15, 0.2) is 28.6 Å². The normalized spacial score (nSPS) is 28.1. The van der Waals surface area contributed by atoms with Crippen LogP contribution in [-0.4, -0.2) is 21.9 Å². The maximum Gasteiger partial charge on any atom is 0.241 e. The highest BCUT2D eigenvalue weighted by molar-refractivity contribution is 7.95. The van der Waals surface area contributed by atoms with Gasteiger partial charge in [0.05, 0.1) is 18.2 Å². The first-order valence-corrected chi connectivity index (χ1v) is 7.74. The topological polar surface area (TPSA) is 49.7 Å². The molecule has 2 rings (SSSR count). The number of anilines is 1. The zero-order chi connectivity index (χ0) is 13.3. The molecule has 0 N–H and O–H groups in total. The summed E-state index contributed by atoms with van der Waals surface area (Å²) in [6.45, 7) is 5.61. The van der Waals surface area contributed by atoms with Crippen LogP contribution in [0.2, 0.25) is 0 Å². The van der Waals surface area contributed by atoms with Crippen molar-refractivity contribution in [1.29, 1.82) is 0 Å². The molecule has 0 radical (unpaired) electrons. The van der Waals surface area contributed by atoms with Crippen molar-refractivity contribution in [1.82, 2.24) is 0 Å². The number of benzene rings is 1. The molecule has 1 aliphatic rings. The second-order valence-corrected chi connectivity index (χ2v) is 6.94. The predicted octanol–water partition coefficient (Wildman–Crippen LogP) is 2.52. The Balaban J connectivity index is 2.53. The maximum atomic E-state index is 12.8. The molecule has 0 bridgehead atoms. The molecule has 0 aromatic heterocycles. The summed E-state index contributed by atoms with van der Waals surface area (Å²) in [6, 6.07) is 7.32. The maximum absolute atomic E-state index is 12.8. The SMILES string of the molecule is CCS1(=O)=N[C@@H](C)CC(=O)N1c1ccc(C)cc1. The molecule has 5 heteroatoms. The number of nitrogens with zero attached hydrogens (tertiary/aromatic N) is 2. The number of aryl methyl sites for hydroxylation is 1. The molecular formula is C13H18N2O2S. The quantitative estimate of drug-likeness (QED) is 0.826. The first kappa shape index (κ1) is 13.1. The van der Waals surface area contributed by atoms with E-state index in [1.54, 1.807) is 6.92 Å². The van der Waals surface area contributed by atoms with E-state index in [2.05, 4.69) is 4.36 Å². The predicted molar refractivity (Wildman–Crippen MR) is 73.9 cm³/mol. The molecular weight excluding hydrogens is 248 g/mol. The van der Waals surface area contributed by atoms with Gasteiger partial charge in [-0.2, -0.15) is 0 Å². The largest absolute Gasteiger partial charge is 0.273 e. The number of carbonyl (C=O) groups excluding carboxylic acids is 1. The highest BCUT2D eigenvalue weighted by Crippen LogP contribution is 2.26. The molecule has 1 aromatic rings.